The smallest absolute Gasteiger partial charge is 0.266 e. The van der Waals surface area contributed by atoms with Crippen LogP contribution in [-0.2, 0) is 19.9 Å². The summed E-state index contributed by atoms with van der Waals surface area (Å²) in [5, 5.41) is -0.231. The lowest BCUT2D eigenvalue weighted by atomic mass is 10.5. The van der Waals surface area contributed by atoms with Crippen LogP contribution in [0, 0.1) is 0 Å². The van der Waals surface area contributed by atoms with E-state index in [4.69, 9.17) is 11.6 Å². The molecule has 0 saturated carbocycles. The molecular weight excluding hydrogens is 316 g/mol. The molecule has 7 nitrogen and oxygen atoms in total. The molecule has 2 heterocycles. The van der Waals surface area contributed by atoms with Crippen LogP contribution in [0.1, 0.15) is 0 Å². The van der Waals surface area contributed by atoms with Crippen molar-refractivity contribution in [3.05, 3.63) is 27.6 Å². The number of halogens is 1. The molecule has 1 aliphatic heterocycles. The molecular formula is C9H11ClN2O5S2. The summed E-state index contributed by atoms with van der Waals surface area (Å²) in [5.41, 5.74) is -0.582. The monoisotopic (exact) mass is 326 g/mol. The molecule has 0 atom stereocenters. The van der Waals surface area contributed by atoms with Crippen LogP contribution in [0.15, 0.2) is 22.0 Å². The highest BCUT2D eigenvalue weighted by atomic mass is 35.5. The summed E-state index contributed by atoms with van der Waals surface area (Å²) in [6.45, 7) is -0.192. The molecule has 0 radical (unpaired) electrons. The van der Waals surface area contributed by atoms with Gasteiger partial charge in [0.2, 0.25) is 10.0 Å². The second kappa shape index (κ2) is 4.89. The number of nitrogens with one attached hydrogen (secondary N) is 1. The van der Waals surface area contributed by atoms with E-state index in [-0.39, 0.29) is 34.5 Å². The zero-order valence-electron chi connectivity index (χ0n) is 9.67. The van der Waals surface area contributed by atoms with Gasteiger partial charge in [-0.05, 0) is 6.07 Å². The van der Waals surface area contributed by atoms with E-state index in [9.17, 15) is 21.6 Å². The highest BCUT2D eigenvalue weighted by Crippen LogP contribution is 2.18. The first kappa shape index (κ1) is 14.5. The molecule has 1 fully saturated rings. The van der Waals surface area contributed by atoms with Crippen molar-refractivity contribution in [3.63, 3.8) is 0 Å². The molecule has 10 heteroatoms. The van der Waals surface area contributed by atoms with Crippen molar-refractivity contribution in [1.29, 1.82) is 0 Å². The van der Waals surface area contributed by atoms with Crippen LogP contribution in [-0.4, -0.2) is 50.7 Å². The molecule has 1 aliphatic rings. The van der Waals surface area contributed by atoms with Gasteiger partial charge >= 0.3 is 0 Å². The second-order valence-electron chi connectivity index (χ2n) is 4.07. The number of hydrogen-bond donors (Lipinski definition) is 1. The lowest BCUT2D eigenvalue weighted by Gasteiger charge is -2.25. The number of H-pyrrole nitrogens is 1. The SMILES string of the molecule is O=c1[nH]cc(S(=O)(=O)N2CCS(=O)(=O)CC2)cc1Cl. The van der Waals surface area contributed by atoms with Crippen molar-refractivity contribution in [3.8, 4) is 0 Å². The lowest BCUT2D eigenvalue weighted by molar-refractivity contribution is 0.430. The van der Waals surface area contributed by atoms with E-state index < -0.39 is 25.4 Å². The Morgan fingerprint density at radius 3 is 2.37 bits per heavy atom. The van der Waals surface area contributed by atoms with Crippen molar-refractivity contribution < 1.29 is 16.8 Å². The van der Waals surface area contributed by atoms with Crippen LogP contribution in [0.5, 0.6) is 0 Å². The normalized spacial score (nSPS) is 20.3. The standard InChI is InChI=1S/C9H11ClN2O5S2/c10-8-5-7(6-11-9(8)13)19(16,17)12-1-3-18(14,15)4-2-12/h5-6H,1-4H2,(H,11,13). The highest BCUT2D eigenvalue weighted by Gasteiger charge is 2.31. The van der Waals surface area contributed by atoms with Crippen LogP contribution in [0.25, 0.3) is 0 Å². The molecule has 0 aliphatic carbocycles. The topological polar surface area (TPSA) is 104 Å². The summed E-state index contributed by atoms with van der Waals surface area (Å²) in [4.78, 5) is 13.1. The van der Waals surface area contributed by atoms with E-state index in [1.807, 2.05) is 0 Å². The minimum Gasteiger partial charge on any atom is -0.326 e. The minimum atomic E-state index is -3.84. The first-order valence-corrected chi connectivity index (χ1v) is 8.95. The van der Waals surface area contributed by atoms with Crippen LogP contribution in [0.3, 0.4) is 0 Å². The first-order valence-electron chi connectivity index (χ1n) is 5.31. The van der Waals surface area contributed by atoms with Gasteiger partial charge in [-0.25, -0.2) is 16.8 Å². The first-order chi connectivity index (χ1) is 8.72. The minimum absolute atomic E-state index is 0.0958. The maximum absolute atomic E-state index is 12.2. The number of sulfone groups is 1. The summed E-state index contributed by atoms with van der Waals surface area (Å²) >= 11 is 5.58. The van der Waals surface area contributed by atoms with Gasteiger partial charge in [0, 0.05) is 19.3 Å². The zero-order chi connectivity index (χ0) is 14.3. The second-order valence-corrected chi connectivity index (χ2v) is 8.72. The lowest BCUT2D eigenvalue weighted by Crippen LogP contribution is -2.43. The van der Waals surface area contributed by atoms with Gasteiger partial charge in [0.05, 0.1) is 16.4 Å². The Morgan fingerprint density at radius 1 is 1.26 bits per heavy atom. The molecule has 2 rings (SSSR count). The van der Waals surface area contributed by atoms with Crippen molar-refractivity contribution in [2.75, 3.05) is 24.6 Å². The summed E-state index contributed by atoms with van der Waals surface area (Å²) in [6, 6.07) is 1.05. The molecule has 0 bridgehead atoms. The van der Waals surface area contributed by atoms with Crippen molar-refractivity contribution >= 4 is 31.5 Å². The van der Waals surface area contributed by atoms with Gasteiger partial charge in [-0.15, -0.1) is 0 Å². The third kappa shape index (κ3) is 2.99. The van der Waals surface area contributed by atoms with Gasteiger partial charge in [-0.3, -0.25) is 4.79 Å². The van der Waals surface area contributed by atoms with E-state index in [2.05, 4.69) is 4.98 Å². The Balaban J connectivity index is 2.33. The van der Waals surface area contributed by atoms with E-state index in [0.717, 1.165) is 16.6 Å². The molecule has 0 amide bonds. The van der Waals surface area contributed by atoms with Gasteiger partial charge in [-0.2, -0.15) is 4.31 Å². The third-order valence-corrected chi connectivity index (χ3v) is 6.54. The Kier molecular flexibility index (Phi) is 3.74. The fourth-order valence-electron chi connectivity index (χ4n) is 1.67. The van der Waals surface area contributed by atoms with E-state index >= 15 is 0 Å². The number of aromatic nitrogens is 1. The summed E-state index contributed by atoms with van der Waals surface area (Å²) < 4.78 is 48.0. The van der Waals surface area contributed by atoms with Crippen LogP contribution in [0.2, 0.25) is 5.02 Å². The Bertz CT molecular complexity index is 739. The number of hydrogen-bond acceptors (Lipinski definition) is 5. The molecule has 1 saturated heterocycles. The summed E-state index contributed by atoms with van der Waals surface area (Å²) in [5.74, 6) is -0.410. The van der Waals surface area contributed by atoms with Gasteiger partial charge in [0.15, 0.2) is 9.84 Å². The predicted octanol–water partition coefficient (Wildman–Crippen LogP) is -0.553. The van der Waals surface area contributed by atoms with Gasteiger partial charge in [0.25, 0.3) is 5.56 Å². The average molecular weight is 327 g/mol. The molecule has 0 aromatic carbocycles. The maximum atomic E-state index is 12.2. The molecule has 0 spiro atoms. The fourth-order valence-corrected chi connectivity index (χ4v) is 4.78. The van der Waals surface area contributed by atoms with Gasteiger partial charge in [-0.1, -0.05) is 11.6 Å². The molecule has 1 aromatic heterocycles. The quantitative estimate of drug-likeness (QED) is 0.785. The number of aromatic amines is 1. The third-order valence-electron chi connectivity index (χ3n) is 2.77. The number of rotatable bonds is 2. The Hall–Kier alpha value is -0.900. The molecule has 1 N–H and O–H groups in total. The largest absolute Gasteiger partial charge is 0.326 e. The van der Waals surface area contributed by atoms with E-state index in [1.54, 1.807) is 0 Å². The van der Waals surface area contributed by atoms with Crippen LogP contribution >= 0.6 is 11.6 Å². The van der Waals surface area contributed by atoms with Crippen molar-refractivity contribution in [2.24, 2.45) is 0 Å². The predicted molar refractivity (Wildman–Crippen MR) is 69.5 cm³/mol. The number of nitrogens with zero attached hydrogens (tertiary/aromatic N) is 1. The van der Waals surface area contributed by atoms with E-state index in [1.165, 1.54) is 0 Å². The molecule has 19 heavy (non-hydrogen) atoms. The van der Waals surface area contributed by atoms with Crippen LogP contribution < -0.4 is 5.56 Å². The van der Waals surface area contributed by atoms with Crippen molar-refractivity contribution in [1.82, 2.24) is 9.29 Å². The zero-order valence-corrected chi connectivity index (χ0v) is 12.1. The van der Waals surface area contributed by atoms with Gasteiger partial charge in [0.1, 0.15) is 5.02 Å². The summed E-state index contributed by atoms with van der Waals surface area (Å²) in [7, 11) is -7.00. The Morgan fingerprint density at radius 2 is 1.84 bits per heavy atom. The number of sulfonamides is 1. The van der Waals surface area contributed by atoms with Gasteiger partial charge < -0.3 is 4.98 Å². The number of pyridine rings is 1. The van der Waals surface area contributed by atoms with Crippen molar-refractivity contribution in [2.45, 2.75) is 4.90 Å². The molecule has 0 unspecified atom stereocenters. The fraction of sp³-hybridized carbons (Fsp3) is 0.444. The molecule has 106 valence electrons. The molecule has 1 aromatic rings. The highest BCUT2D eigenvalue weighted by molar-refractivity contribution is 7.92. The maximum Gasteiger partial charge on any atom is 0.266 e. The Labute approximate surface area is 115 Å². The average Bonchev–Trinajstić information content (AvgIpc) is 2.32. The van der Waals surface area contributed by atoms with Crippen LogP contribution in [0.4, 0.5) is 0 Å². The van der Waals surface area contributed by atoms with E-state index in [0.29, 0.717) is 0 Å². The summed E-state index contributed by atoms with van der Waals surface area (Å²) in [6.07, 6.45) is 1.05.